The summed E-state index contributed by atoms with van der Waals surface area (Å²) in [6, 6.07) is 1.41. The highest BCUT2D eigenvalue weighted by Crippen LogP contribution is 2.03. The molecule has 0 bridgehead atoms. The van der Waals surface area contributed by atoms with Crippen molar-refractivity contribution in [2.24, 2.45) is 11.5 Å². The predicted molar refractivity (Wildman–Crippen MR) is 37.8 cm³/mol. The van der Waals surface area contributed by atoms with Crippen LogP contribution in [0.25, 0.3) is 0 Å². The number of carbonyl (C=O) groups is 2. The van der Waals surface area contributed by atoms with Crippen LogP contribution in [0.15, 0.2) is 12.3 Å². The Balaban J connectivity index is 3.16. The summed E-state index contributed by atoms with van der Waals surface area (Å²) in [5.74, 6) is -1.36. The molecule has 1 heterocycles. The van der Waals surface area contributed by atoms with Gasteiger partial charge in [0.2, 0.25) is 0 Å². The van der Waals surface area contributed by atoms with E-state index < -0.39 is 11.8 Å². The van der Waals surface area contributed by atoms with Gasteiger partial charge in [-0.1, -0.05) is 0 Å². The molecule has 0 atom stereocenters. The fourth-order valence-corrected chi connectivity index (χ4v) is 0.779. The molecule has 0 fully saturated rings. The van der Waals surface area contributed by atoms with Crippen LogP contribution in [-0.2, 0) is 0 Å². The van der Waals surface area contributed by atoms with E-state index in [1.54, 1.807) is 0 Å². The maximum atomic E-state index is 10.6. The molecule has 58 valence electrons. The Morgan fingerprint density at radius 2 is 1.91 bits per heavy atom. The van der Waals surface area contributed by atoms with Crippen LogP contribution in [0.3, 0.4) is 0 Å². The van der Waals surface area contributed by atoms with E-state index in [-0.39, 0.29) is 11.3 Å². The van der Waals surface area contributed by atoms with Gasteiger partial charge in [0.25, 0.3) is 11.8 Å². The molecule has 5 heteroatoms. The van der Waals surface area contributed by atoms with Crippen molar-refractivity contribution in [2.45, 2.75) is 0 Å². The quantitative estimate of drug-likeness (QED) is 0.518. The number of hydrogen-bond donors (Lipinski definition) is 3. The van der Waals surface area contributed by atoms with Crippen LogP contribution in [-0.4, -0.2) is 16.8 Å². The van der Waals surface area contributed by atoms with Crippen molar-refractivity contribution in [3.63, 3.8) is 0 Å². The summed E-state index contributed by atoms with van der Waals surface area (Å²) in [5, 5.41) is 0. The van der Waals surface area contributed by atoms with E-state index >= 15 is 0 Å². The first kappa shape index (κ1) is 7.33. The maximum absolute atomic E-state index is 10.6. The Hall–Kier alpha value is -1.78. The van der Waals surface area contributed by atoms with Crippen molar-refractivity contribution in [1.29, 1.82) is 0 Å². The zero-order chi connectivity index (χ0) is 8.43. The van der Waals surface area contributed by atoms with E-state index in [1.165, 1.54) is 12.3 Å². The first-order chi connectivity index (χ1) is 5.13. The highest BCUT2D eigenvalue weighted by atomic mass is 16.2. The summed E-state index contributed by atoms with van der Waals surface area (Å²) in [5.41, 5.74) is 10.0. The van der Waals surface area contributed by atoms with Crippen LogP contribution >= 0.6 is 0 Å². The van der Waals surface area contributed by atoms with Gasteiger partial charge in [0.15, 0.2) is 0 Å². The third-order valence-corrected chi connectivity index (χ3v) is 1.26. The van der Waals surface area contributed by atoms with E-state index in [0.29, 0.717) is 0 Å². The lowest BCUT2D eigenvalue weighted by Gasteiger charge is -1.92. The molecule has 0 radical (unpaired) electrons. The summed E-state index contributed by atoms with van der Waals surface area (Å²) in [6.45, 7) is 0. The molecule has 11 heavy (non-hydrogen) atoms. The number of amides is 2. The van der Waals surface area contributed by atoms with Gasteiger partial charge in [-0.15, -0.1) is 0 Å². The van der Waals surface area contributed by atoms with E-state index in [0.717, 1.165) is 0 Å². The van der Waals surface area contributed by atoms with Gasteiger partial charge < -0.3 is 16.5 Å². The lowest BCUT2D eigenvalue weighted by Crippen LogP contribution is -2.19. The van der Waals surface area contributed by atoms with Gasteiger partial charge in [-0.25, -0.2) is 0 Å². The van der Waals surface area contributed by atoms with Crippen LogP contribution in [0.2, 0.25) is 0 Å². The third kappa shape index (κ3) is 1.21. The summed E-state index contributed by atoms with van der Waals surface area (Å²) in [6.07, 6.45) is 1.43. The Labute approximate surface area is 62.4 Å². The number of hydrogen-bond acceptors (Lipinski definition) is 2. The number of aromatic amines is 1. The number of nitrogens with one attached hydrogen (secondary N) is 1. The maximum Gasteiger partial charge on any atom is 0.265 e. The molecular weight excluding hydrogens is 146 g/mol. The molecule has 0 aromatic carbocycles. The van der Waals surface area contributed by atoms with Gasteiger partial charge in [-0.2, -0.15) is 0 Å². The molecule has 1 aromatic rings. The summed E-state index contributed by atoms with van der Waals surface area (Å²) < 4.78 is 0. The van der Waals surface area contributed by atoms with E-state index in [2.05, 4.69) is 4.98 Å². The van der Waals surface area contributed by atoms with Gasteiger partial charge in [-0.05, 0) is 6.07 Å². The number of aromatic nitrogens is 1. The molecule has 0 unspecified atom stereocenters. The second-order valence-corrected chi connectivity index (χ2v) is 1.99. The molecule has 0 saturated heterocycles. The molecular formula is C6H7N3O2. The van der Waals surface area contributed by atoms with Crippen LogP contribution in [0.5, 0.6) is 0 Å². The van der Waals surface area contributed by atoms with Crippen molar-refractivity contribution in [1.82, 2.24) is 4.98 Å². The van der Waals surface area contributed by atoms with Crippen LogP contribution in [0.1, 0.15) is 20.8 Å². The third-order valence-electron chi connectivity index (χ3n) is 1.26. The lowest BCUT2D eigenvalue weighted by molar-refractivity contribution is 0.0965. The van der Waals surface area contributed by atoms with Gasteiger partial charge >= 0.3 is 0 Å². The Kier molecular flexibility index (Phi) is 1.63. The van der Waals surface area contributed by atoms with Crippen molar-refractivity contribution >= 4 is 11.8 Å². The first-order valence-electron chi connectivity index (χ1n) is 2.90. The SMILES string of the molecule is NC(=O)c1cc[nH]c1C(N)=O. The first-order valence-corrected chi connectivity index (χ1v) is 2.90. The number of rotatable bonds is 2. The minimum Gasteiger partial charge on any atom is -0.366 e. The standard InChI is InChI=1S/C6H7N3O2/c7-5(10)3-1-2-9-4(3)6(8)11/h1-2,9H,(H2,7,10)(H2,8,11). The summed E-state index contributed by atoms with van der Waals surface area (Å²) >= 11 is 0. The van der Waals surface area contributed by atoms with Crippen LogP contribution in [0, 0.1) is 0 Å². The van der Waals surface area contributed by atoms with Gasteiger partial charge in [0.1, 0.15) is 5.69 Å². The molecule has 0 aliphatic heterocycles. The number of carbonyl (C=O) groups excluding carboxylic acids is 2. The van der Waals surface area contributed by atoms with E-state index in [4.69, 9.17) is 11.5 Å². The topological polar surface area (TPSA) is 102 Å². The fourth-order valence-electron chi connectivity index (χ4n) is 0.779. The second kappa shape index (κ2) is 2.45. The van der Waals surface area contributed by atoms with Crippen LogP contribution < -0.4 is 11.5 Å². The van der Waals surface area contributed by atoms with Crippen molar-refractivity contribution < 1.29 is 9.59 Å². The summed E-state index contributed by atoms with van der Waals surface area (Å²) in [4.78, 5) is 23.7. The summed E-state index contributed by atoms with van der Waals surface area (Å²) in [7, 11) is 0. The number of nitrogens with two attached hydrogens (primary N) is 2. The second-order valence-electron chi connectivity index (χ2n) is 1.99. The minimum absolute atomic E-state index is 0.0532. The highest BCUT2D eigenvalue weighted by Gasteiger charge is 2.12. The van der Waals surface area contributed by atoms with E-state index in [1.807, 2.05) is 0 Å². The van der Waals surface area contributed by atoms with Gasteiger partial charge in [-0.3, -0.25) is 9.59 Å². The average Bonchev–Trinajstić information content (AvgIpc) is 2.32. The van der Waals surface area contributed by atoms with Crippen molar-refractivity contribution in [3.8, 4) is 0 Å². The predicted octanol–water partition coefficient (Wildman–Crippen LogP) is -0.788. The molecule has 0 aliphatic rings. The smallest absolute Gasteiger partial charge is 0.265 e. The minimum atomic E-state index is -0.691. The molecule has 0 aliphatic carbocycles. The van der Waals surface area contributed by atoms with Crippen molar-refractivity contribution in [2.75, 3.05) is 0 Å². The Morgan fingerprint density at radius 3 is 2.27 bits per heavy atom. The Bertz CT molecular complexity index is 274. The zero-order valence-electron chi connectivity index (χ0n) is 5.63. The highest BCUT2D eigenvalue weighted by molar-refractivity contribution is 6.04. The molecule has 0 saturated carbocycles. The molecule has 2 amide bonds. The largest absolute Gasteiger partial charge is 0.366 e. The molecule has 0 spiro atoms. The van der Waals surface area contributed by atoms with E-state index in [9.17, 15) is 9.59 Å². The molecule has 5 nitrogen and oxygen atoms in total. The number of primary amides is 2. The lowest BCUT2D eigenvalue weighted by atomic mass is 10.2. The Morgan fingerprint density at radius 1 is 1.27 bits per heavy atom. The monoisotopic (exact) mass is 153 g/mol. The van der Waals surface area contributed by atoms with Gasteiger partial charge in [0.05, 0.1) is 5.56 Å². The number of H-pyrrole nitrogens is 1. The van der Waals surface area contributed by atoms with Crippen molar-refractivity contribution in [3.05, 3.63) is 23.5 Å². The molecule has 1 aromatic heterocycles. The van der Waals surface area contributed by atoms with Crippen LogP contribution in [0.4, 0.5) is 0 Å². The zero-order valence-corrected chi connectivity index (χ0v) is 5.63. The van der Waals surface area contributed by atoms with Gasteiger partial charge in [0, 0.05) is 6.20 Å². The normalized spacial score (nSPS) is 9.45. The average molecular weight is 153 g/mol. The molecule has 1 rings (SSSR count). The fraction of sp³-hybridized carbons (Fsp3) is 0. The molecule has 5 N–H and O–H groups in total.